The van der Waals surface area contributed by atoms with E-state index in [0.29, 0.717) is 0 Å². The number of carbonyl (C=O) groups is 1. The van der Waals surface area contributed by atoms with Crippen LogP contribution in [0.25, 0.3) is 0 Å². The van der Waals surface area contributed by atoms with E-state index in [2.05, 4.69) is 45.4 Å². The molecule has 0 bridgehead atoms. The highest BCUT2D eigenvalue weighted by atomic mass is 127. The molecule has 1 aromatic carbocycles. The van der Waals surface area contributed by atoms with E-state index in [1.165, 1.54) is 0 Å². The first-order valence-electron chi connectivity index (χ1n) is 5.83. The lowest BCUT2D eigenvalue weighted by Gasteiger charge is -2.30. The van der Waals surface area contributed by atoms with Crippen LogP contribution in [0.3, 0.4) is 0 Å². The molecule has 17 heavy (non-hydrogen) atoms. The largest absolute Gasteiger partial charge is 0.339 e. The first-order valence-corrected chi connectivity index (χ1v) is 7.70. The Hall–Kier alpha value is -0.100. The zero-order valence-corrected chi connectivity index (χ0v) is 13.5. The van der Waals surface area contributed by atoms with E-state index < -0.39 is 0 Å². The number of likely N-dealkylation sites (tertiary alicyclic amines) is 1. The van der Waals surface area contributed by atoms with Crippen LogP contribution < -0.4 is 0 Å². The Morgan fingerprint density at radius 2 is 2.06 bits per heavy atom. The molecular weight excluding hydrogens is 393 g/mol. The van der Waals surface area contributed by atoms with E-state index in [4.69, 9.17) is 0 Å². The monoisotopic (exact) mass is 407 g/mol. The third-order valence-corrected chi connectivity index (χ3v) is 5.75. The summed E-state index contributed by atoms with van der Waals surface area (Å²) in [6.45, 7) is 4.03. The summed E-state index contributed by atoms with van der Waals surface area (Å²) >= 11 is 5.74. The third-order valence-electron chi connectivity index (χ3n) is 3.25. The molecule has 0 unspecified atom stereocenters. The molecule has 1 amide bonds. The quantitative estimate of drug-likeness (QED) is 0.646. The van der Waals surface area contributed by atoms with Crippen molar-refractivity contribution in [3.05, 3.63) is 31.8 Å². The second kappa shape index (κ2) is 5.69. The summed E-state index contributed by atoms with van der Waals surface area (Å²) in [5, 5.41) is 0. The highest BCUT2D eigenvalue weighted by molar-refractivity contribution is 14.1. The van der Waals surface area contributed by atoms with Crippen LogP contribution >= 0.6 is 38.5 Å². The van der Waals surface area contributed by atoms with Crippen molar-refractivity contribution >= 4 is 44.4 Å². The number of piperidine rings is 1. The molecule has 1 fully saturated rings. The molecule has 0 spiro atoms. The van der Waals surface area contributed by atoms with Crippen LogP contribution in [0.4, 0.5) is 0 Å². The summed E-state index contributed by atoms with van der Waals surface area (Å²) < 4.78 is 2.00. The standard InChI is InChI=1S/C13H15BrINO/c1-9-5-7-16(8-6-9)13(17)10-3-2-4-11(15)12(10)14/h2-4,9H,5-8H2,1H3. The molecule has 1 heterocycles. The number of rotatable bonds is 1. The van der Waals surface area contributed by atoms with E-state index in [1.54, 1.807) is 0 Å². The number of amides is 1. The van der Waals surface area contributed by atoms with Crippen LogP contribution in [-0.2, 0) is 0 Å². The maximum Gasteiger partial charge on any atom is 0.255 e. The minimum Gasteiger partial charge on any atom is -0.339 e. The maximum atomic E-state index is 12.4. The molecule has 1 aliphatic heterocycles. The van der Waals surface area contributed by atoms with Gasteiger partial charge in [-0.15, -0.1) is 0 Å². The van der Waals surface area contributed by atoms with Gasteiger partial charge in [-0.3, -0.25) is 4.79 Å². The molecule has 0 saturated carbocycles. The van der Waals surface area contributed by atoms with Crippen molar-refractivity contribution in [3.63, 3.8) is 0 Å². The lowest BCUT2D eigenvalue weighted by Crippen LogP contribution is -2.38. The fourth-order valence-corrected chi connectivity index (χ4v) is 2.98. The molecule has 92 valence electrons. The van der Waals surface area contributed by atoms with Gasteiger partial charge in [-0.25, -0.2) is 0 Å². The van der Waals surface area contributed by atoms with Gasteiger partial charge in [0.2, 0.25) is 0 Å². The number of carbonyl (C=O) groups excluding carboxylic acids is 1. The lowest BCUT2D eigenvalue weighted by molar-refractivity contribution is 0.0696. The average Bonchev–Trinajstić information content (AvgIpc) is 2.33. The van der Waals surface area contributed by atoms with Crippen LogP contribution in [-0.4, -0.2) is 23.9 Å². The Morgan fingerprint density at radius 1 is 1.41 bits per heavy atom. The Morgan fingerprint density at radius 3 is 2.71 bits per heavy atom. The fourth-order valence-electron chi connectivity index (χ4n) is 2.05. The van der Waals surface area contributed by atoms with Gasteiger partial charge in [0.15, 0.2) is 0 Å². The minimum absolute atomic E-state index is 0.155. The van der Waals surface area contributed by atoms with Crippen LogP contribution in [0.15, 0.2) is 22.7 Å². The van der Waals surface area contributed by atoms with E-state index in [0.717, 1.165) is 45.5 Å². The van der Waals surface area contributed by atoms with Crippen molar-refractivity contribution in [3.8, 4) is 0 Å². The zero-order valence-electron chi connectivity index (χ0n) is 9.75. The molecule has 4 heteroatoms. The van der Waals surface area contributed by atoms with Crippen molar-refractivity contribution in [1.82, 2.24) is 4.90 Å². The molecule has 0 radical (unpaired) electrons. The summed E-state index contributed by atoms with van der Waals surface area (Å²) in [4.78, 5) is 14.3. The summed E-state index contributed by atoms with van der Waals surface area (Å²) in [5.41, 5.74) is 0.784. The van der Waals surface area contributed by atoms with Crippen LogP contribution in [0.1, 0.15) is 30.1 Å². The third kappa shape index (κ3) is 3.02. The van der Waals surface area contributed by atoms with Gasteiger partial charge in [-0.1, -0.05) is 13.0 Å². The Bertz CT molecular complexity index is 427. The Balaban J connectivity index is 2.17. The van der Waals surface area contributed by atoms with Crippen LogP contribution in [0.5, 0.6) is 0 Å². The Labute approximate surface area is 124 Å². The predicted octanol–water partition coefficient (Wildman–Crippen LogP) is 3.93. The van der Waals surface area contributed by atoms with Gasteiger partial charge in [0, 0.05) is 21.1 Å². The van der Waals surface area contributed by atoms with Gasteiger partial charge >= 0.3 is 0 Å². The predicted molar refractivity (Wildman–Crippen MR) is 81.2 cm³/mol. The van der Waals surface area contributed by atoms with Crippen LogP contribution in [0, 0.1) is 9.49 Å². The molecule has 0 aromatic heterocycles. The van der Waals surface area contributed by atoms with Crippen molar-refractivity contribution < 1.29 is 4.79 Å². The average molecular weight is 408 g/mol. The minimum atomic E-state index is 0.155. The summed E-state index contributed by atoms with van der Waals surface area (Å²) in [5.74, 6) is 0.903. The van der Waals surface area contributed by atoms with E-state index >= 15 is 0 Å². The highest BCUT2D eigenvalue weighted by Gasteiger charge is 2.23. The molecule has 0 atom stereocenters. The van der Waals surface area contributed by atoms with E-state index in [9.17, 15) is 4.79 Å². The first-order chi connectivity index (χ1) is 8.09. The highest BCUT2D eigenvalue weighted by Crippen LogP contribution is 2.26. The topological polar surface area (TPSA) is 20.3 Å². The first kappa shape index (κ1) is 13.3. The van der Waals surface area contributed by atoms with E-state index in [-0.39, 0.29) is 5.91 Å². The number of halogens is 2. The van der Waals surface area contributed by atoms with Crippen molar-refractivity contribution in [1.29, 1.82) is 0 Å². The normalized spacial score (nSPS) is 17.2. The molecule has 0 N–H and O–H groups in total. The van der Waals surface area contributed by atoms with Crippen molar-refractivity contribution in [2.24, 2.45) is 5.92 Å². The lowest BCUT2D eigenvalue weighted by atomic mass is 9.98. The van der Waals surface area contributed by atoms with Gasteiger partial charge in [0.05, 0.1) is 5.56 Å². The SMILES string of the molecule is CC1CCN(C(=O)c2cccc(I)c2Br)CC1. The zero-order chi connectivity index (χ0) is 12.4. The van der Waals surface area contributed by atoms with Crippen LogP contribution in [0.2, 0.25) is 0 Å². The molecule has 2 rings (SSSR count). The van der Waals surface area contributed by atoms with Gasteiger partial charge < -0.3 is 4.90 Å². The Kier molecular flexibility index (Phi) is 4.47. The molecular formula is C13H15BrINO. The van der Waals surface area contributed by atoms with Gasteiger partial charge in [0.25, 0.3) is 5.91 Å². The second-order valence-corrected chi connectivity index (χ2v) is 6.53. The number of benzene rings is 1. The second-order valence-electron chi connectivity index (χ2n) is 4.58. The number of nitrogens with zero attached hydrogens (tertiary/aromatic N) is 1. The van der Waals surface area contributed by atoms with Gasteiger partial charge in [0.1, 0.15) is 0 Å². The fraction of sp³-hybridized carbons (Fsp3) is 0.462. The molecule has 1 aliphatic rings. The molecule has 1 aromatic rings. The van der Waals surface area contributed by atoms with E-state index in [1.807, 2.05) is 23.1 Å². The molecule has 1 saturated heterocycles. The maximum absolute atomic E-state index is 12.4. The summed E-state index contributed by atoms with van der Waals surface area (Å²) in [6.07, 6.45) is 2.24. The summed E-state index contributed by atoms with van der Waals surface area (Å²) in [6, 6.07) is 5.83. The summed E-state index contributed by atoms with van der Waals surface area (Å²) in [7, 11) is 0. The van der Waals surface area contributed by atoms with Crippen molar-refractivity contribution in [2.75, 3.05) is 13.1 Å². The van der Waals surface area contributed by atoms with Crippen molar-refractivity contribution in [2.45, 2.75) is 19.8 Å². The smallest absolute Gasteiger partial charge is 0.255 e. The van der Waals surface area contributed by atoms with Gasteiger partial charge in [-0.05, 0) is 69.4 Å². The number of hydrogen-bond donors (Lipinski definition) is 0. The molecule has 0 aliphatic carbocycles. The molecule has 2 nitrogen and oxygen atoms in total. The number of hydrogen-bond acceptors (Lipinski definition) is 1. The van der Waals surface area contributed by atoms with Gasteiger partial charge in [-0.2, -0.15) is 0 Å².